The zero-order chi connectivity index (χ0) is 15.2. The fourth-order valence-corrected chi connectivity index (χ4v) is 2.85. The number of hydrogen-bond acceptors (Lipinski definition) is 3. The van der Waals surface area contributed by atoms with Crippen LogP contribution in [0.15, 0.2) is 18.2 Å². The Morgan fingerprint density at radius 2 is 2.10 bits per heavy atom. The predicted octanol–water partition coefficient (Wildman–Crippen LogP) is 3.01. The first-order valence-electron chi connectivity index (χ1n) is 7.22. The molecule has 0 aromatic heterocycles. The molecule has 1 aliphatic rings. The highest BCUT2D eigenvalue weighted by atomic mass is 35.5. The number of amides is 1. The second-order valence-corrected chi connectivity index (χ2v) is 6.23. The molecule has 1 aromatic rings. The first kappa shape index (κ1) is 16.6. The minimum atomic E-state index is -0.0417. The van der Waals surface area contributed by atoms with Crippen molar-refractivity contribution in [2.75, 3.05) is 32.0 Å². The number of rotatable bonds is 5. The Bertz CT molecular complexity index is 490. The Morgan fingerprint density at radius 3 is 2.81 bits per heavy atom. The number of benzene rings is 1. The SMILES string of the molecule is CN(CCC(=O)Nc1cc(Cl)ccc1Cl)C1CCNCC1. The van der Waals surface area contributed by atoms with Crippen molar-refractivity contribution in [1.29, 1.82) is 0 Å². The van der Waals surface area contributed by atoms with Crippen LogP contribution in [0.1, 0.15) is 19.3 Å². The molecule has 1 aliphatic heterocycles. The van der Waals surface area contributed by atoms with E-state index in [2.05, 4.69) is 22.6 Å². The number of piperidine rings is 1. The van der Waals surface area contributed by atoms with Crippen molar-refractivity contribution in [3.05, 3.63) is 28.2 Å². The average molecular weight is 330 g/mol. The van der Waals surface area contributed by atoms with Crippen molar-refractivity contribution < 1.29 is 4.79 Å². The number of carbonyl (C=O) groups excluding carboxylic acids is 1. The zero-order valence-corrected chi connectivity index (χ0v) is 13.7. The summed E-state index contributed by atoms with van der Waals surface area (Å²) in [6.07, 6.45) is 2.72. The molecule has 21 heavy (non-hydrogen) atoms. The first-order chi connectivity index (χ1) is 10.1. The van der Waals surface area contributed by atoms with Gasteiger partial charge in [0.25, 0.3) is 0 Å². The maximum atomic E-state index is 12.0. The molecule has 1 amide bonds. The lowest BCUT2D eigenvalue weighted by Crippen LogP contribution is -2.42. The normalized spacial score (nSPS) is 16.2. The summed E-state index contributed by atoms with van der Waals surface area (Å²) in [5.74, 6) is -0.0417. The van der Waals surface area contributed by atoms with Crippen LogP contribution in [-0.2, 0) is 4.79 Å². The molecular formula is C15H21Cl2N3O. The maximum Gasteiger partial charge on any atom is 0.225 e. The molecule has 1 aromatic carbocycles. The van der Waals surface area contributed by atoms with Gasteiger partial charge in [-0.3, -0.25) is 4.79 Å². The van der Waals surface area contributed by atoms with Gasteiger partial charge >= 0.3 is 0 Å². The number of nitrogens with zero attached hydrogens (tertiary/aromatic N) is 1. The molecule has 4 nitrogen and oxygen atoms in total. The van der Waals surface area contributed by atoms with E-state index in [-0.39, 0.29) is 5.91 Å². The van der Waals surface area contributed by atoms with Crippen LogP contribution in [0.2, 0.25) is 10.0 Å². The van der Waals surface area contributed by atoms with Crippen molar-refractivity contribution >= 4 is 34.8 Å². The van der Waals surface area contributed by atoms with E-state index >= 15 is 0 Å². The van der Waals surface area contributed by atoms with Crippen molar-refractivity contribution in [2.45, 2.75) is 25.3 Å². The monoisotopic (exact) mass is 329 g/mol. The molecule has 0 radical (unpaired) electrons. The highest BCUT2D eigenvalue weighted by molar-refractivity contribution is 6.35. The minimum Gasteiger partial charge on any atom is -0.325 e. The zero-order valence-electron chi connectivity index (χ0n) is 12.2. The lowest BCUT2D eigenvalue weighted by molar-refractivity contribution is -0.116. The van der Waals surface area contributed by atoms with Gasteiger partial charge in [-0.05, 0) is 51.2 Å². The maximum absolute atomic E-state index is 12.0. The summed E-state index contributed by atoms with van der Waals surface area (Å²) >= 11 is 11.9. The summed E-state index contributed by atoms with van der Waals surface area (Å²) in [5, 5.41) is 7.22. The van der Waals surface area contributed by atoms with Crippen LogP contribution in [0, 0.1) is 0 Å². The molecule has 116 valence electrons. The number of hydrogen-bond donors (Lipinski definition) is 2. The highest BCUT2D eigenvalue weighted by Gasteiger charge is 2.18. The Labute approximate surface area is 135 Å². The van der Waals surface area contributed by atoms with E-state index in [1.165, 1.54) is 0 Å². The lowest BCUT2D eigenvalue weighted by Gasteiger charge is -2.31. The van der Waals surface area contributed by atoms with Gasteiger partial charge in [0, 0.05) is 24.0 Å². The van der Waals surface area contributed by atoms with E-state index < -0.39 is 0 Å². The van der Waals surface area contributed by atoms with Gasteiger partial charge in [-0.15, -0.1) is 0 Å². The molecule has 0 atom stereocenters. The smallest absolute Gasteiger partial charge is 0.225 e. The molecule has 1 heterocycles. The fourth-order valence-electron chi connectivity index (χ4n) is 2.51. The van der Waals surface area contributed by atoms with Gasteiger partial charge in [0.05, 0.1) is 10.7 Å². The third-order valence-corrected chi connectivity index (χ3v) is 4.39. The molecule has 0 unspecified atom stereocenters. The van der Waals surface area contributed by atoms with Gasteiger partial charge in [-0.1, -0.05) is 23.2 Å². The summed E-state index contributed by atoms with van der Waals surface area (Å²) < 4.78 is 0. The van der Waals surface area contributed by atoms with Crippen LogP contribution in [0.25, 0.3) is 0 Å². The van der Waals surface area contributed by atoms with E-state index in [1.54, 1.807) is 18.2 Å². The summed E-state index contributed by atoms with van der Waals surface area (Å²) in [7, 11) is 2.08. The molecule has 2 rings (SSSR count). The van der Waals surface area contributed by atoms with E-state index in [0.717, 1.165) is 32.5 Å². The van der Waals surface area contributed by atoms with Crippen molar-refractivity contribution in [2.24, 2.45) is 0 Å². The van der Waals surface area contributed by atoms with Crippen LogP contribution in [0.3, 0.4) is 0 Å². The van der Waals surface area contributed by atoms with Gasteiger partial charge < -0.3 is 15.5 Å². The third-order valence-electron chi connectivity index (χ3n) is 3.83. The highest BCUT2D eigenvalue weighted by Crippen LogP contribution is 2.25. The Balaban J connectivity index is 1.80. The summed E-state index contributed by atoms with van der Waals surface area (Å²) in [5.41, 5.74) is 0.568. The van der Waals surface area contributed by atoms with E-state index in [0.29, 0.717) is 28.2 Å². The van der Waals surface area contributed by atoms with Gasteiger partial charge in [0.1, 0.15) is 0 Å². The van der Waals surface area contributed by atoms with Crippen molar-refractivity contribution in [3.63, 3.8) is 0 Å². The van der Waals surface area contributed by atoms with Crippen LogP contribution in [0.5, 0.6) is 0 Å². The molecule has 0 bridgehead atoms. The Morgan fingerprint density at radius 1 is 1.38 bits per heavy atom. The topological polar surface area (TPSA) is 44.4 Å². The molecule has 0 saturated carbocycles. The van der Waals surface area contributed by atoms with Crippen LogP contribution in [0.4, 0.5) is 5.69 Å². The average Bonchev–Trinajstić information content (AvgIpc) is 2.49. The lowest BCUT2D eigenvalue weighted by atomic mass is 10.1. The standard InChI is InChI=1S/C15H21Cl2N3O/c1-20(12-4-7-18-8-5-12)9-6-15(21)19-14-10-11(16)2-3-13(14)17/h2-3,10,12,18H,4-9H2,1H3,(H,19,21). The van der Waals surface area contributed by atoms with Crippen molar-refractivity contribution in [3.8, 4) is 0 Å². The molecule has 0 spiro atoms. The van der Waals surface area contributed by atoms with E-state index in [1.807, 2.05) is 0 Å². The number of halogens is 2. The number of nitrogens with one attached hydrogen (secondary N) is 2. The molecule has 6 heteroatoms. The molecule has 2 N–H and O–H groups in total. The van der Waals surface area contributed by atoms with Gasteiger partial charge in [-0.2, -0.15) is 0 Å². The summed E-state index contributed by atoms with van der Waals surface area (Å²) in [4.78, 5) is 14.3. The molecular weight excluding hydrogens is 309 g/mol. The summed E-state index contributed by atoms with van der Waals surface area (Å²) in [6, 6.07) is 5.61. The Kier molecular flexibility index (Phi) is 6.30. The predicted molar refractivity (Wildman–Crippen MR) is 88.2 cm³/mol. The van der Waals surface area contributed by atoms with Crippen LogP contribution < -0.4 is 10.6 Å². The Hall–Kier alpha value is -0.810. The second kappa shape index (κ2) is 7.99. The molecule has 0 aliphatic carbocycles. The van der Waals surface area contributed by atoms with Gasteiger partial charge in [0.15, 0.2) is 0 Å². The molecule has 1 saturated heterocycles. The van der Waals surface area contributed by atoms with Gasteiger partial charge in [0.2, 0.25) is 5.91 Å². The second-order valence-electron chi connectivity index (χ2n) is 5.38. The van der Waals surface area contributed by atoms with E-state index in [9.17, 15) is 4.79 Å². The van der Waals surface area contributed by atoms with Crippen molar-refractivity contribution in [1.82, 2.24) is 10.2 Å². The van der Waals surface area contributed by atoms with Crippen LogP contribution >= 0.6 is 23.2 Å². The number of carbonyl (C=O) groups is 1. The third kappa shape index (κ3) is 5.15. The molecule has 1 fully saturated rings. The summed E-state index contributed by atoms with van der Waals surface area (Å²) in [6.45, 7) is 2.85. The van der Waals surface area contributed by atoms with Gasteiger partial charge in [-0.25, -0.2) is 0 Å². The first-order valence-corrected chi connectivity index (χ1v) is 7.97. The quantitative estimate of drug-likeness (QED) is 0.872. The largest absolute Gasteiger partial charge is 0.325 e. The van der Waals surface area contributed by atoms with Crippen LogP contribution in [-0.4, -0.2) is 43.5 Å². The minimum absolute atomic E-state index is 0.0417. The number of anilines is 1. The fraction of sp³-hybridized carbons (Fsp3) is 0.533. The van der Waals surface area contributed by atoms with E-state index in [4.69, 9.17) is 23.2 Å².